The number of hydrogen-bond donors (Lipinski definition) is 0. The molecule has 0 saturated carbocycles. The molecule has 0 unspecified atom stereocenters. The van der Waals surface area contributed by atoms with Crippen molar-refractivity contribution < 1.29 is 19.1 Å². The number of thiazole rings is 1. The molecular weight excluding hydrogens is 462 g/mol. The van der Waals surface area contributed by atoms with Gasteiger partial charge in [0.2, 0.25) is 0 Å². The monoisotopic (exact) mass is 493 g/mol. The molecule has 2 amide bonds. The summed E-state index contributed by atoms with van der Waals surface area (Å²) in [5.41, 5.74) is 1.53. The van der Waals surface area contributed by atoms with E-state index in [-0.39, 0.29) is 24.5 Å². The number of fused-ring (bicyclic) bond motifs is 1. The van der Waals surface area contributed by atoms with Gasteiger partial charge in [0, 0.05) is 25.2 Å². The van der Waals surface area contributed by atoms with Gasteiger partial charge in [0.05, 0.1) is 22.9 Å². The zero-order valence-electron chi connectivity index (χ0n) is 20.1. The minimum atomic E-state index is -0.0383. The number of aromatic nitrogens is 1. The van der Waals surface area contributed by atoms with Crippen LogP contribution >= 0.6 is 11.3 Å². The third-order valence-electron chi connectivity index (χ3n) is 6.66. The van der Waals surface area contributed by atoms with E-state index in [0.717, 1.165) is 54.0 Å². The van der Waals surface area contributed by atoms with Crippen LogP contribution in [0.4, 0.5) is 0 Å². The van der Waals surface area contributed by atoms with Gasteiger partial charge >= 0.3 is 0 Å². The van der Waals surface area contributed by atoms with E-state index < -0.39 is 0 Å². The Morgan fingerprint density at radius 2 is 1.83 bits per heavy atom. The number of likely N-dealkylation sites (tertiary alicyclic amines) is 2. The number of piperidine rings is 1. The lowest BCUT2D eigenvalue weighted by Gasteiger charge is -2.26. The van der Waals surface area contributed by atoms with Crippen LogP contribution in [0, 0.1) is 0 Å². The lowest BCUT2D eigenvalue weighted by molar-refractivity contribution is -0.134. The first-order valence-electron chi connectivity index (χ1n) is 12.5. The Morgan fingerprint density at radius 3 is 2.63 bits per heavy atom. The normalized spacial score (nSPS) is 18.1. The van der Waals surface area contributed by atoms with Crippen molar-refractivity contribution >= 4 is 33.4 Å². The molecule has 7 nitrogen and oxygen atoms in total. The molecule has 3 aromatic rings. The van der Waals surface area contributed by atoms with Gasteiger partial charge in [0.15, 0.2) is 18.1 Å². The summed E-state index contributed by atoms with van der Waals surface area (Å²) in [5, 5.41) is 0.985. The lowest BCUT2D eigenvalue weighted by Crippen LogP contribution is -2.38. The SMILES string of the molecule is CCOc1cc(C(=O)N2CCC[C@@H]2c2nc3ccccc3s2)ccc1OCC(=O)N1CCCCC1. The Hall–Kier alpha value is -3.13. The summed E-state index contributed by atoms with van der Waals surface area (Å²) in [6.07, 6.45) is 5.11. The maximum atomic E-state index is 13.5. The number of carbonyl (C=O) groups excluding carboxylic acids is 2. The maximum Gasteiger partial charge on any atom is 0.260 e. The summed E-state index contributed by atoms with van der Waals surface area (Å²) < 4.78 is 12.8. The van der Waals surface area contributed by atoms with Crippen molar-refractivity contribution in [1.82, 2.24) is 14.8 Å². The van der Waals surface area contributed by atoms with E-state index >= 15 is 0 Å². The van der Waals surface area contributed by atoms with Crippen molar-refractivity contribution in [3.63, 3.8) is 0 Å². The second-order valence-electron chi connectivity index (χ2n) is 9.00. The quantitative estimate of drug-likeness (QED) is 0.460. The van der Waals surface area contributed by atoms with E-state index in [1.807, 2.05) is 34.9 Å². The molecule has 3 heterocycles. The van der Waals surface area contributed by atoms with E-state index in [2.05, 4.69) is 6.07 Å². The first-order valence-corrected chi connectivity index (χ1v) is 13.3. The molecule has 2 aromatic carbocycles. The minimum Gasteiger partial charge on any atom is -0.490 e. The molecule has 1 atom stereocenters. The van der Waals surface area contributed by atoms with E-state index in [0.29, 0.717) is 30.2 Å². The third kappa shape index (κ3) is 5.12. The Labute approximate surface area is 209 Å². The molecule has 0 spiro atoms. The van der Waals surface area contributed by atoms with Gasteiger partial charge < -0.3 is 19.3 Å². The molecule has 2 fully saturated rings. The van der Waals surface area contributed by atoms with Gasteiger partial charge in [-0.3, -0.25) is 9.59 Å². The van der Waals surface area contributed by atoms with E-state index in [9.17, 15) is 9.59 Å². The Morgan fingerprint density at radius 1 is 1.00 bits per heavy atom. The van der Waals surface area contributed by atoms with Crippen LogP contribution in [0.5, 0.6) is 11.5 Å². The highest BCUT2D eigenvalue weighted by atomic mass is 32.1. The molecule has 2 saturated heterocycles. The number of ether oxygens (including phenoxy) is 2. The number of benzene rings is 2. The zero-order valence-corrected chi connectivity index (χ0v) is 20.9. The summed E-state index contributed by atoms with van der Waals surface area (Å²) in [7, 11) is 0. The number of rotatable bonds is 7. The fourth-order valence-corrected chi connectivity index (χ4v) is 5.98. The van der Waals surface area contributed by atoms with Gasteiger partial charge in [0.25, 0.3) is 11.8 Å². The Kier molecular flexibility index (Phi) is 7.18. The number of amides is 2. The lowest BCUT2D eigenvalue weighted by atomic mass is 10.1. The largest absolute Gasteiger partial charge is 0.490 e. The molecule has 2 aliphatic rings. The molecule has 184 valence electrons. The maximum absolute atomic E-state index is 13.5. The molecule has 0 N–H and O–H groups in total. The van der Waals surface area contributed by atoms with Gasteiger partial charge in [-0.15, -0.1) is 11.3 Å². The highest BCUT2D eigenvalue weighted by Gasteiger charge is 2.33. The predicted molar refractivity (Wildman–Crippen MR) is 136 cm³/mol. The van der Waals surface area contributed by atoms with E-state index in [1.165, 1.54) is 6.42 Å². The van der Waals surface area contributed by atoms with Crippen molar-refractivity contribution in [1.29, 1.82) is 0 Å². The van der Waals surface area contributed by atoms with Crippen molar-refractivity contribution in [3.05, 3.63) is 53.0 Å². The molecule has 0 radical (unpaired) electrons. The molecule has 2 aliphatic heterocycles. The summed E-state index contributed by atoms with van der Waals surface area (Å²) in [6.45, 7) is 4.58. The smallest absolute Gasteiger partial charge is 0.260 e. The van der Waals surface area contributed by atoms with Crippen LogP contribution in [0.25, 0.3) is 10.2 Å². The number of hydrogen-bond acceptors (Lipinski definition) is 6. The standard InChI is InChI=1S/C27H31N3O4S/c1-2-33-23-17-19(12-13-22(23)34-18-25(31)29-14-6-3-7-15-29)27(32)30-16-8-10-21(30)26-28-20-9-4-5-11-24(20)35-26/h4-5,9,11-13,17,21H,2-3,6-8,10,14-16,18H2,1H3/t21-/m1/s1. The fraction of sp³-hybridized carbons (Fsp3) is 0.444. The van der Waals surface area contributed by atoms with Gasteiger partial charge in [0.1, 0.15) is 5.01 Å². The predicted octanol–water partition coefficient (Wildman–Crippen LogP) is 5.06. The molecular formula is C27H31N3O4S. The molecule has 0 aliphatic carbocycles. The number of nitrogens with zero attached hydrogens (tertiary/aromatic N) is 3. The molecule has 35 heavy (non-hydrogen) atoms. The first-order chi connectivity index (χ1) is 17.1. The van der Waals surface area contributed by atoms with Crippen LogP contribution in [0.1, 0.15) is 60.4 Å². The van der Waals surface area contributed by atoms with Crippen molar-refractivity contribution in [2.45, 2.75) is 45.1 Å². The molecule has 8 heteroatoms. The van der Waals surface area contributed by atoms with Crippen LogP contribution in [-0.4, -0.2) is 59.4 Å². The van der Waals surface area contributed by atoms with Crippen LogP contribution in [-0.2, 0) is 4.79 Å². The van der Waals surface area contributed by atoms with E-state index in [4.69, 9.17) is 14.5 Å². The van der Waals surface area contributed by atoms with Crippen molar-refractivity contribution in [3.8, 4) is 11.5 Å². The highest BCUT2D eigenvalue weighted by molar-refractivity contribution is 7.18. The second kappa shape index (κ2) is 10.6. The van der Waals surface area contributed by atoms with Crippen LogP contribution in [0.3, 0.4) is 0 Å². The van der Waals surface area contributed by atoms with Crippen molar-refractivity contribution in [2.75, 3.05) is 32.8 Å². The minimum absolute atomic E-state index is 0.0111. The molecule has 0 bridgehead atoms. The summed E-state index contributed by atoms with van der Waals surface area (Å²) >= 11 is 1.66. The average Bonchev–Trinajstić information content (AvgIpc) is 3.55. The van der Waals surface area contributed by atoms with Gasteiger partial charge in [-0.25, -0.2) is 4.98 Å². The first kappa shape index (κ1) is 23.6. The zero-order chi connectivity index (χ0) is 24.2. The summed E-state index contributed by atoms with van der Waals surface area (Å²) in [4.78, 5) is 34.6. The average molecular weight is 494 g/mol. The third-order valence-corrected chi connectivity index (χ3v) is 7.80. The van der Waals surface area contributed by atoms with Gasteiger partial charge in [-0.05, 0) is 69.4 Å². The summed E-state index contributed by atoms with van der Waals surface area (Å²) in [6, 6.07) is 13.3. The topological polar surface area (TPSA) is 72.0 Å². The van der Waals surface area contributed by atoms with Crippen molar-refractivity contribution in [2.24, 2.45) is 0 Å². The van der Waals surface area contributed by atoms with Gasteiger partial charge in [-0.2, -0.15) is 0 Å². The Balaban J connectivity index is 1.31. The second-order valence-corrected chi connectivity index (χ2v) is 10.1. The van der Waals surface area contributed by atoms with Crippen LogP contribution in [0.15, 0.2) is 42.5 Å². The fourth-order valence-electron chi connectivity index (χ4n) is 4.87. The highest BCUT2D eigenvalue weighted by Crippen LogP contribution is 2.38. The molecule has 5 rings (SSSR count). The Bertz CT molecular complexity index is 1170. The van der Waals surface area contributed by atoms with Gasteiger partial charge in [-0.1, -0.05) is 12.1 Å². The van der Waals surface area contributed by atoms with Crippen LogP contribution < -0.4 is 9.47 Å². The van der Waals surface area contributed by atoms with Crippen LogP contribution in [0.2, 0.25) is 0 Å². The summed E-state index contributed by atoms with van der Waals surface area (Å²) in [5.74, 6) is 0.921. The number of carbonyl (C=O) groups is 2. The number of para-hydroxylation sites is 1. The molecule has 1 aromatic heterocycles. The van der Waals surface area contributed by atoms with E-state index in [1.54, 1.807) is 29.5 Å².